The zero-order valence-corrected chi connectivity index (χ0v) is 18.0. The average Bonchev–Trinajstić information content (AvgIpc) is 3.48. The third-order valence-electron chi connectivity index (χ3n) is 6.52. The normalized spacial score (nSPS) is 18.8. The molecule has 0 aliphatic carbocycles. The molecular formula is C24H30N2O2S. The average molecular weight is 411 g/mol. The lowest BCUT2D eigenvalue weighted by molar-refractivity contribution is -0.147. The van der Waals surface area contributed by atoms with Crippen LogP contribution < -0.4 is 0 Å². The molecule has 0 unspecified atom stereocenters. The van der Waals surface area contributed by atoms with Crippen molar-refractivity contribution in [3.8, 4) is 10.4 Å². The van der Waals surface area contributed by atoms with Gasteiger partial charge < -0.3 is 9.80 Å². The molecule has 2 aromatic rings. The largest absolute Gasteiger partial charge is 0.343 e. The number of nitrogens with zero attached hydrogens (tertiary/aromatic N) is 2. The Morgan fingerprint density at radius 1 is 0.966 bits per heavy atom. The molecule has 0 bridgehead atoms. The van der Waals surface area contributed by atoms with E-state index < -0.39 is 0 Å². The number of carbonyl (C=O) groups is 2. The van der Waals surface area contributed by atoms with Crippen molar-refractivity contribution in [2.24, 2.45) is 5.41 Å². The van der Waals surface area contributed by atoms with E-state index in [-0.39, 0.29) is 11.3 Å². The van der Waals surface area contributed by atoms with Gasteiger partial charge in [-0.1, -0.05) is 37.3 Å². The number of rotatable bonds is 5. The second-order valence-electron chi connectivity index (χ2n) is 8.36. The van der Waals surface area contributed by atoms with Gasteiger partial charge in [0.05, 0.1) is 5.41 Å². The van der Waals surface area contributed by atoms with E-state index in [0.717, 1.165) is 45.2 Å². The lowest BCUT2D eigenvalue weighted by Gasteiger charge is -2.42. The predicted octanol–water partition coefficient (Wildman–Crippen LogP) is 4.60. The van der Waals surface area contributed by atoms with Gasteiger partial charge in [-0.3, -0.25) is 9.59 Å². The summed E-state index contributed by atoms with van der Waals surface area (Å²) in [7, 11) is 0. The molecular weight excluding hydrogens is 380 g/mol. The van der Waals surface area contributed by atoms with Gasteiger partial charge in [0.2, 0.25) is 11.8 Å². The zero-order chi connectivity index (χ0) is 20.3. The number of benzene rings is 1. The van der Waals surface area contributed by atoms with E-state index in [2.05, 4.69) is 46.7 Å². The van der Waals surface area contributed by atoms with Gasteiger partial charge in [-0.2, -0.15) is 0 Å². The minimum atomic E-state index is -0.376. The first-order chi connectivity index (χ1) is 14.1. The summed E-state index contributed by atoms with van der Waals surface area (Å²) in [6, 6.07) is 12.9. The minimum absolute atomic E-state index is 0.201. The van der Waals surface area contributed by atoms with Crippen LogP contribution in [0.25, 0.3) is 10.4 Å². The zero-order valence-electron chi connectivity index (χ0n) is 17.2. The smallest absolute Gasteiger partial charge is 0.229 e. The highest BCUT2D eigenvalue weighted by Crippen LogP contribution is 2.39. The maximum Gasteiger partial charge on any atom is 0.229 e. The standard InChI is InChI=1S/C24H30N2O2S/c1-2-22(27)25-15-11-24(12-16-25,23(28)26-13-3-4-14-26)18-19-7-9-20(10-8-19)21-6-5-17-29-21/h5-10,17H,2-4,11-16,18H2,1H3. The molecule has 4 rings (SSSR count). The topological polar surface area (TPSA) is 40.6 Å². The molecule has 5 heteroatoms. The number of amides is 2. The first kappa shape index (κ1) is 20.1. The fourth-order valence-electron chi connectivity index (χ4n) is 4.75. The van der Waals surface area contributed by atoms with Crippen LogP contribution in [0.5, 0.6) is 0 Å². The number of likely N-dealkylation sites (tertiary alicyclic amines) is 2. The monoisotopic (exact) mass is 410 g/mol. The highest BCUT2D eigenvalue weighted by Gasteiger charge is 2.44. The molecule has 2 amide bonds. The van der Waals surface area contributed by atoms with Gasteiger partial charge in [-0.05, 0) is 54.7 Å². The van der Waals surface area contributed by atoms with Gasteiger partial charge in [-0.15, -0.1) is 11.3 Å². The molecule has 154 valence electrons. The third kappa shape index (κ3) is 4.25. The second kappa shape index (κ2) is 8.70. The van der Waals surface area contributed by atoms with Gasteiger partial charge in [0, 0.05) is 37.5 Å². The molecule has 1 aromatic heterocycles. The van der Waals surface area contributed by atoms with Crippen LogP contribution in [-0.2, 0) is 16.0 Å². The maximum absolute atomic E-state index is 13.6. The Balaban J connectivity index is 1.54. The summed E-state index contributed by atoms with van der Waals surface area (Å²) in [5, 5.41) is 2.10. The molecule has 3 heterocycles. The van der Waals surface area contributed by atoms with Crippen LogP contribution >= 0.6 is 11.3 Å². The van der Waals surface area contributed by atoms with E-state index in [1.807, 2.05) is 11.8 Å². The lowest BCUT2D eigenvalue weighted by atomic mass is 9.72. The minimum Gasteiger partial charge on any atom is -0.343 e. The molecule has 1 aromatic carbocycles. The van der Waals surface area contributed by atoms with Crippen LogP contribution in [0, 0.1) is 5.41 Å². The molecule has 0 saturated carbocycles. The van der Waals surface area contributed by atoms with E-state index in [4.69, 9.17) is 0 Å². The van der Waals surface area contributed by atoms with Gasteiger partial charge in [-0.25, -0.2) is 0 Å². The summed E-state index contributed by atoms with van der Waals surface area (Å²) >= 11 is 1.75. The fourth-order valence-corrected chi connectivity index (χ4v) is 5.48. The Bertz CT molecular complexity index is 830. The van der Waals surface area contributed by atoms with Crippen LogP contribution in [0.15, 0.2) is 41.8 Å². The van der Waals surface area contributed by atoms with Gasteiger partial charge >= 0.3 is 0 Å². The Labute approximate surface area is 177 Å². The van der Waals surface area contributed by atoms with E-state index in [1.165, 1.54) is 16.0 Å². The van der Waals surface area contributed by atoms with E-state index >= 15 is 0 Å². The molecule has 0 atom stereocenters. The van der Waals surface area contributed by atoms with E-state index in [0.29, 0.717) is 25.4 Å². The van der Waals surface area contributed by atoms with Crippen molar-refractivity contribution in [1.82, 2.24) is 9.80 Å². The summed E-state index contributed by atoms with van der Waals surface area (Å²) in [6.45, 7) is 5.07. The molecule has 0 N–H and O–H groups in total. The molecule has 2 saturated heterocycles. The Morgan fingerprint density at radius 3 is 2.24 bits per heavy atom. The first-order valence-electron chi connectivity index (χ1n) is 10.8. The highest BCUT2D eigenvalue weighted by molar-refractivity contribution is 7.13. The van der Waals surface area contributed by atoms with Crippen molar-refractivity contribution in [3.05, 3.63) is 47.3 Å². The van der Waals surface area contributed by atoms with Gasteiger partial charge in [0.25, 0.3) is 0 Å². The summed E-state index contributed by atoms with van der Waals surface area (Å²) in [6.07, 6.45) is 5.05. The second-order valence-corrected chi connectivity index (χ2v) is 9.31. The number of hydrogen-bond donors (Lipinski definition) is 0. The van der Waals surface area contributed by atoms with Gasteiger partial charge in [0.15, 0.2) is 0 Å². The lowest BCUT2D eigenvalue weighted by Crippen LogP contribution is -2.51. The quantitative estimate of drug-likeness (QED) is 0.723. The van der Waals surface area contributed by atoms with Crippen molar-refractivity contribution in [2.75, 3.05) is 26.2 Å². The molecule has 0 radical (unpaired) electrons. The van der Waals surface area contributed by atoms with Crippen molar-refractivity contribution in [2.45, 2.75) is 45.4 Å². The Hall–Kier alpha value is -2.14. The molecule has 2 aliphatic heterocycles. The van der Waals surface area contributed by atoms with Crippen LogP contribution in [0.2, 0.25) is 0 Å². The number of hydrogen-bond acceptors (Lipinski definition) is 3. The fraction of sp³-hybridized carbons (Fsp3) is 0.500. The summed E-state index contributed by atoms with van der Waals surface area (Å²) in [5.74, 6) is 0.508. The molecule has 2 fully saturated rings. The molecule has 29 heavy (non-hydrogen) atoms. The van der Waals surface area contributed by atoms with Crippen LogP contribution in [0.3, 0.4) is 0 Å². The summed E-state index contributed by atoms with van der Waals surface area (Å²) < 4.78 is 0. The summed E-state index contributed by atoms with van der Waals surface area (Å²) in [4.78, 5) is 31.0. The third-order valence-corrected chi connectivity index (χ3v) is 7.44. The molecule has 0 spiro atoms. The SMILES string of the molecule is CCC(=O)N1CCC(Cc2ccc(-c3cccs3)cc2)(C(=O)N2CCCC2)CC1. The number of carbonyl (C=O) groups excluding carboxylic acids is 2. The van der Waals surface area contributed by atoms with Crippen LogP contribution in [0.1, 0.15) is 44.6 Å². The van der Waals surface area contributed by atoms with Crippen molar-refractivity contribution in [1.29, 1.82) is 0 Å². The molecule has 4 nitrogen and oxygen atoms in total. The highest BCUT2D eigenvalue weighted by atomic mass is 32.1. The Kier molecular flexibility index (Phi) is 6.04. The summed E-state index contributed by atoms with van der Waals surface area (Å²) in [5.41, 5.74) is 2.07. The van der Waals surface area contributed by atoms with Crippen molar-refractivity contribution < 1.29 is 9.59 Å². The Morgan fingerprint density at radius 2 is 1.66 bits per heavy atom. The van der Waals surface area contributed by atoms with Gasteiger partial charge in [0.1, 0.15) is 0 Å². The first-order valence-corrected chi connectivity index (χ1v) is 11.7. The predicted molar refractivity (Wildman–Crippen MR) is 118 cm³/mol. The van der Waals surface area contributed by atoms with Crippen molar-refractivity contribution >= 4 is 23.2 Å². The van der Waals surface area contributed by atoms with E-state index in [9.17, 15) is 9.59 Å². The molecule has 2 aliphatic rings. The maximum atomic E-state index is 13.6. The van der Waals surface area contributed by atoms with Crippen molar-refractivity contribution in [3.63, 3.8) is 0 Å². The van der Waals surface area contributed by atoms with Crippen LogP contribution in [-0.4, -0.2) is 47.8 Å². The van der Waals surface area contributed by atoms with E-state index in [1.54, 1.807) is 11.3 Å². The number of piperidine rings is 1. The number of thiophene rings is 1. The van der Waals surface area contributed by atoms with Crippen LogP contribution in [0.4, 0.5) is 0 Å².